The molecule has 0 saturated heterocycles. The fourth-order valence-electron chi connectivity index (χ4n) is 6.27. The first kappa shape index (κ1) is 31.2. The molecule has 3 heteroatoms. The molecule has 0 radical (unpaired) electrons. The van der Waals surface area contributed by atoms with E-state index in [9.17, 15) is 15.3 Å². The molecule has 4 aromatic rings. The molecule has 3 unspecified atom stereocenters. The molecule has 3 atom stereocenters. The molecule has 0 heterocycles. The van der Waals surface area contributed by atoms with Crippen LogP contribution in [0.4, 0.5) is 0 Å². The molecule has 0 saturated carbocycles. The standard InChI is InChI=1S/C39H48O3/c1-10-22(4)34-37(28-13-16-31(40)25(7)19-28)35(23(5)11-2)39(30-15-18-33(42)27(9)21-30)36(24(6)12-3)38(34)29-14-17-32(41)26(8)20-29/h13-24,40-42H,10-12H2,1-9H3. The largest absolute Gasteiger partial charge is 0.508 e. The third-order valence-corrected chi connectivity index (χ3v) is 9.39. The summed E-state index contributed by atoms with van der Waals surface area (Å²) in [5.74, 6) is 1.69. The third-order valence-electron chi connectivity index (χ3n) is 9.39. The average molecular weight is 565 g/mol. The van der Waals surface area contributed by atoms with Crippen molar-refractivity contribution in [3.8, 4) is 50.6 Å². The van der Waals surface area contributed by atoms with Crippen molar-refractivity contribution in [2.45, 2.75) is 99.3 Å². The van der Waals surface area contributed by atoms with Gasteiger partial charge in [-0.2, -0.15) is 0 Å². The molecule has 0 spiro atoms. The van der Waals surface area contributed by atoms with Gasteiger partial charge in [0.1, 0.15) is 17.2 Å². The normalized spacial score (nSPS) is 13.6. The Labute approximate surface area is 252 Å². The third kappa shape index (κ3) is 5.67. The van der Waals surface area contributed by atoms with E-state index < -0.39 is 0 Å². The molecule has 42 heavy (non-hydrogen) atoms. The smallest absolute Gasteiger partial charge is 0.118 e. The summed E-state index contributed by atoms with van der Waals surface area (Å²) in [7, 11) is 0. The molecule has 0 fully saturated rings. The van der Waals surface area contributed by atoms with E-state index >= 15 is 0 Å². The lowest BCUT2D eigenvalue weighted by molar-refractivity contribution is 0.471. The zero-order valence-corrected chi connectivity index (χ0v) is 26.9. The highest BCUT2D eigenvalue weighted by atomic mass is 16.3. The van der Waals surface area contributed by atoms with Crippen molar-refractivity contribution < 1.29 is 15.3 Å². The maximum Gasteiger partial charge on any atom is 0.118 e. The number of phenols is 3. The van der Waals surface area contributed by atoms with Crippen LogP contribution in [0.5, 0.6) is 17.2 Å². The van der Waals surface area contributed by atoms with Crippen LogP contribution in [0, 0.1) is 20.8 Å². The lowest BCUT2D eigenvalue weighted by Gasteiger charge is -2.34. The predicted octanol–water partition coefficient (Wildman–Crippen LogP) is 11.3. The first-order chi connectivity index (χ1) is 19.9. The molecule has 0 amide bonds. The van der Waals surface area contributed by atoms with E-state index in [0.29, 0.717) is 17.2 Å². The van der Waals surface area contributed by atoms with Gasteiger partial charge in [0.25, 0.3) is 0 Å². The molecule has 3 N–H and O–H groups in total. The van der Waals surface area contributed by atoms with Gasteiger partial charge in [-0.1, -0.05) is 59.7 Å². The Balaban J connectivity index is 2.40. The summed E-state index contributed by atoms with van der Waals surface area (Å²) in [6.45, 7) is 19.6. The lowest BCUT2D eigenvalue weighted by Crippen LogP contribution is -2.13. The first-order valence-corrected chi connectivity index (χ1v) is 15.6. The molecule has 222 valence electrons. The minimum atomic E-state index is 0.263. The van der Waals surface area contributed by atoms with Crippen LogP contribution in [0.15, 0.2) is 54.6 Å². The molecule has 0 aliphatic heterocycles. The molecule has 0 aliphatic rings. The zero-order valence-electron chi connectivity index (χ0n) is 26.9. The minimum Gasteiger partial charge on any atom is -0.508 e. The number of benzene rings is 4. The summed E-state index contributed by atoms with van der Waals surface area (Å²) < 4.78 is 0. The Morgan fingerprint density at radius 3 is 0.881 bits per heavy atom. The van der Waals surface area contributed by atoms with Gasteiger partial charge >= 0.3 is 0 Å². The molecule has 4 aromatic carbocycles. The fraction of sp³-hybridized carbons (Fsp3) is 0.385. The molecule has 0 aliphatic carbocycles. The average Bonchev–Trinajstić information content (AvgIpc) is 2.98. The number of hydrogen-bond donors (Lipinski definition) is 3. The van der Waals surface area contributed by atoms with Crippen LogP contribution in [0.3, 0.4) is 0 Å². The molecule has 3 nitrogen and oxygen atoms in total. The quantitative estimate of drug-likeness (QED) is 0.189. The van der Waals surface area contributed by atoms with Crippen molar-refractivity contribution >= 4 is 0 Å². The van der Waals surface area contributed by atoms with E-state index in [1.807, 2.05) is 39.0 Å². The van der Waals surface area contributed by atoms with Gasteiger partial charge in [-0.3, -0.25) is 0 Å². The predicted molar refractivity (Wildman–Crippen MR) is 178 cm³/mol. The SMILES string of the molecule is CCC(C)c1c(-c2ccc(O)c(C)c2)c(C(C)CC)c(-c2ccc(O)c(C)c2)c(C(C)CC)c1-c1ccc(O)c(C)c1. The lowest BCUT2D eigenvalue weighted by atomic mass is 9.70. The highest BCUT2D eigenvalue weighted by Gasteiger charge is 2.32. The summed E-state index contributed by atoms with van der Waals surface area (Å²) in [6, 6.07) is 18.0. The highest BCUT2D eigenvalue weighted by Crippen LogP contribution is 2.53. The maximum absolute atomic E-state index is 10.5. The number of hydrogen-bond acceptors (Lipinski definition) is 3. The van der Waals surface area contributed by atoms with Crippen LogP contribution >= 0.6 is 0 Å². The Kier molecular flexibility index (Phi) is 9.40. The zero-order chi connectivity index (χ0) is 30.9. The van der Waals surface area contributed by atoms with Gasteiger partial charge in [0.15, 0.2) is 0 Å². The second-order valence-corrected chi connectivity index (χ2v) is 12.3. The van der Waals surface area contributed by atoms with E-state index in [4.69, 9.17) is 0 Å². The van der Waals surface area contributed by atoms with Crippen LogP contribution in [0.1, 0.15) is 112 Å². The molecule has 4 rings (SSSR count). The Morgan fingerprint density at radius 1 is 0.452 bits per heavy atom. The van der Waals surface area contributed by atoms with Gasteiger partial charge in [0.2, 0.25) is 0 Å². The summed E-state index contributed by atoms with van der Waals surface area (Å²) in [5, 5.41) is 31.6. The second-order valence-electron chi connectivity index (χ2n) is 12.3. The second kappa shape index (κ2) is 12.7. The minimum absolute atomic E-state index is 0.263. The van der Waals surface area contributed by atoms with Gasteiger partial charge in [-0.05, 0) is 161 Å². The molecular weight excluding hydrogens is 516 g/mol. The summed E-state index contributed by atoms with van der Waals surface area (Å²) in [6.07, 6.45) is 2.93. The summed E-state index contributed by atoms with van der Waals surface area (Å²) in [4.78, 5) is 0. The van der Waals surface area contributed by atoms with Crippen LogP contribution in [-0.2, 0) is 0 Å². The summed E-state index contributed by atoms with van der Waals surface area (Å²) >= 11 is 0. The molecular formula is C39H48O3. The van der Waals surface area contributed by atoms with E-state index in [-0.39, 0.29) is 17.8 Å². The van der Waals surface area contributed by atoms with Crippen molar-refractivity contribution in [3.63, 3.8) is 0 Å². The van der Waals surface area contributed by atoms with Gasteiger partial charge < -0.3 is 15.3 Å². The van der Waals surface area contributed by atoms with Gasteiger partial charge in [-0.25, -0.2) is 0 Å². The number of rotatable bonds is 9. The van der Waals surface area contributed by atoms with Crippen molar-refractivity contribution in [2.75, 3.05) is 0 Å². The number of aromatic hydroxyl groups is 3. The number of phenolic OH excluding ortho intramolecular Hbond substituents is 3. The van der Waals surface area contributed by atoms with Crippen molar-refractivity contribution in [2.24, 2.45) is 0 Å². The van der Waals surface area contributed by atoms with Crippen molar-refractivity contribution in [1.29, 1.82) is 0 Å². The number of aryl methyl sites for hydroxylation is 3. The molecule has 0 bridgehead atoms. The fourth-order valence-corrected chi connectivity index (χ4v) is 6.27. The van der Waals surface area contributed by atoms with Gasteiger partial charge in [-0.15, -0.1) is 0 Å². The summed E-state index contributed by atoms with van der Waals surface area (Å²) in [5.41, 5.74) is 13.6. The van der Waals surface area contributed by atoms with Crippen LogP contribution in [0.25, 0.3) is 33.4 Å². The monoisotopic (exact) mass is 564 g/mol. The Morgan fingerprint density at radius 2 is 0.690 bits per heavy atom. The Bertz CT molecular complexity index is 1390. The van der Waals surface area contributed by atoms with Crippen LogP contribution in [0.2, 0.25) is 0 Å². The van der Waals surface area contributed by atoms with Crippen LogP contribution in [-0.4, -0.2) is 15.3 Å². The Hall–Kier alpha value is -3.72. The van der Waals surface area contributed by atoms with E-state index in [1.165, 1.54) is 33.4 Å². The first-order valence-electron chi connectivity index (χ1n) is 15.6. The van der Waals surface area contributed by atoms with E-state index in [2.05, 4.69) is 77.9 Å². The van der Waals surface area contributed by atoms with Crippen molar-refractivity contribution in [3.05, 3.63) is 88.0 Å². The van der Waals surface area contributed by atoms with E-state index in [0.717, 1.165) is 52.6 Å². The van der Waals surface area contributed by atoms with E-state index in [1.54, 1.807) is 0 Å². The topological polar surface area (TPSA) is 60.7 Å². The van der Waals surface area contributed by atoms with Gasteiger partial charge in [0.05, 0.1) is 0 Å². The highest BCUT2D eigenvalue weighted by molar-refractivity contribution is 5.94. The maximum atomic E-state index is 10.5. The molecule has 0 aromatic heterocycles. The van der Waals surface area contributed by atoms with Gasteiger partial charge in [0, 0.05) is 0 Å². The van der Waals surface area contributed by atoms with Crippen molar-refractivity contribution in [1.82, 2.24) is 0 Å². The van der Waals surface area contributed by atoms with Crippen LogP contribution < -0.4 is 0 Å².